The molecule has 0 spiro atoms. The first-order valence-corrected chi connectivity index (χ1v) is 11.0. The Labute approximate surface area is 194 Å². The van der Waals surface area contributed by atoms with Gasteiger partial charge in [0.2, 0.25) is 5.91 Å². The fourth-order valence-corrected chi connectivity index (χ4v) is 4.21. The Kier molecular flexibility index (Phi) is 5.40. The Bertz CT molecular complexity index is 1470. The zero-order chi connectivity index (χ0) is 23.8. The average Bonchev–Trinajstić information content (AvgIpc) is 3.26. The average molecular weight is 460 g/mol. The molecule has 0 aliphatic carbocycles. The molecule has 2 aromatic carbocycles. The van der Waals surface area contributed by atoms with Gasteiger partial charge in [-0.2, -0.15) is 0 Å². The Morgan fingerprint density at radius 1 is 0.971 bits per heavy atom. The van der Waals surface area contributed by atoms with Crippen molar-refractivity contribution < 1.29 is 9.53 Å². The summed E-state index contributed by atoms with van der Waals surface area (Å²) < 4.78 is 9.79. The van der Waals surface area contributed by atoms with Gasteiger partial charge in [0.25, 0.3) is 5.56 Å². The Balaban J connectivity index is 1.25. The number of amides is 1. The molecule has 4 aromatic rings. The number of nitrogens with zero attached hydrogens (tertiary/aromatic N) is 5. The molecule has 10 heteroatoms. The zero-order valence-corrected chi connectivity index (χ0v) is 18.9. The maximum absolute atomic E-state index is 12.6. The highest BCUT2D eigenvalue weighted by molar-refractivity contribution is 5.79. The first-order valence-electron chi connectivity index (χ1n) is 11.0. The number of para-hydroxylation sites is 4. The molecule has 1 aliphatic heterocycles. The van der Waals surface area contributed by atoms with Crippen molar-refractivity contribution in [2.45, 2.75) is 13.0 Å². The fraction of sp³-hybridized carbons (Fsp3) is 0.250. The predicted octanol–water partition coefficient (Wildman–Crippen LogP) is 1.88. The summed E-state index contributed by atoms with van der Waals surface area (Å²) in [5.41, 5.74) is 1.51. The molecule has 0 saturated carbocycles. The minimum atomic E-state index is -0.479. The van der Waals surface area contributed by atoms with Crippen molar-refractivity contribution in [3.63, 3.8) is 0 Å². The van der Waals surface area contributed by atoms with Gasteiger partial charge in [-0.25, -0.2) is 9.78 Å². The number of aryl methyl sites for hydroxylation is 1. The van der Waals surface area contributed by atoms with Crippen LogP contribution in [0.4, 0.5) is 11.4 Å². The third-order valence-corrected chi connectivity index (χ3v) is 5.94. The highest BCUT2D eigenvalue weighted by Crippen LogP contribution is 2.46. The molecule has 1 aliphatic rings. The van der Waals surface area contributed by atoms with E-state index in [1.807, 2.05) is 48.5 Å². The Morgan fingerprint density at radius 3 is 2.29 bits per heavy atom. The van der Waals surface area contributed by atoms with E-state index < -0.39 is 11.2 Å². The van der Waals surface area contributed by atoms with Gasteiger partial charge in [-0.3, -0.25) is 18.7 Å². The van der Waals surface area contributed by atoms with E-state index in [1.54, 1.807) is 7.05 Å². The van der Waals surface area contributed by atoms with E-state index in [0.29, 0.717) is 19.5 Å². The lowest BCUT2D eigenvalue weighted by molar-refractivity contribution is -0.121. The van der Waals surface area contributed by atoms with Crippen molar-refractivity contribution >= 4 is 28.4 Å². The molecule has 0 saturated heterocycles. The van der Waals surface area contributed by atoms with E-state index in [2.05, 4.69) is 15.2 Å². The van der Waals surface area contributed by atoms with Crippen LogP contribution in [0.1, 0.15) is 6.42 Å². The van der Waals surface area contributed by atoms with Crippen LogP contribution in [0, 0.1) is 0 Å². The number of fused-ring (bicyclic) bond motifs is 3. The van der Waals surface area contributed by atoms with E-state index in [0.717, 1.165) is 27.4 Å². The van der Waals surface area contributed by atoms with Crippen LogP contribution < -0.4 is 26.2 Å². The fourth-order valence-electron chi connectivity index (χ4n) is 4.21. The number of imidazole rings is 1. The molecular weight excluding hydrogens is 436 g/mol. The molecule has 10 nitrogen and oxygen atoms in total. The summed E-state index contributed by atoms with van der Waals surface area (Å²) in [4.78, 5) is 43.5. The molecule has 1 N–H and O–H groups in total. The summed E-state index contributed by atoms with van der Waals surface area (Å²) >= 11 is 0. The summed E-state index contributed by atoms with van der Waals surface area (Å²) in [7, 11) is 2.95. The smallest absolute Gasteiger partial charge is 0.332 e. The molecule has 0 unspecified atom stereocenters. The molecule has 0 fully saturated rings. The van der Waals surface area contributed by atoms with Gasteiger partial charge in [0.1, 0.15) is 6.54 Å². The topological polar surface area (TPSA) is 103 Å². The quantitative estimate of drug-likeness (QED) is 0.441. The molecule has 0 radical (unpaired) electrons. The van der Waals surface area contributed by atoms with E-state index in [-0.39, 0.29) is 23.6 Å². The van der Waals surface area contributed by atoms with Crippen LogP contribution in [-0.2, 0) is 25.4 Å². The van der Waals surface area contributed by atoms with Crippen LogP contribution in [0.2, 0.25) is 0 Å². The maximum atomic E-state index is 12.6. The molecular formula is C24H24N6O4. The number of benzene rings is 2. The molecule has 5 rings (SSSR count). The van der Waals surface area contributed by atoms with E-state index in [4.69, 9.17) is 4.74 Å². The lowest BCUT2D eigenvalue weighted by Gasteiger charge is -2.32. The molecule has 3 heterocycles. The van der Waals surface area contributed by atoms with Crippen molar-refractivity contribution in [2.75, 3.05) is 18.0 Å². The van der Waals surface area contributed by atoms with Crippen molar-refractivity contribution in [3.8, 4) is 11.5 Å². The van der Waals surface area contributed by atoms with Crippen LogP contribution in [0.5, 0.6) is 11.5 Å². The van der Waals surface area contributed by atoms with E-state index in [1.165, 1.54) is 22.5 Å². The molecule has 34 heavy (non-hydrogen) atoms. The van der Waals surface area contributed by atoms with Crippen LogP contribution in [-0.4, -0.2) is 37.7 Å². The first-order chi connectivity index (χ1) is 16.5. The summed E-state index contributed by atoms with van der Waals surface area (Å²) in [5.74, 6) is 1.36. The number of carbonyl (C=O) groups excluding carboxylic acids is 1. The number of nitrogens with one attached hydrogen (secondary N) is 1. The highest BCUT2D eigenvalue weighted by atomic mass is 16.5. The minimum absolute atomic E-state index is 0.0623. The number of aromatic nitrogens is 4. The van der Waals surface area contributed by atoms with Crippen molar-refractivity contribution in [1.29, 1.82) is 0 Å². The third kappa shape index (κ3) is 3.62. The summed E-state index contributed by atoms with van der Waals surface area (Å²) in [6, 6.07) is 15.7. The van der Waals surface area contributed by atoms with Crippen LogP contribution >= 0.6 is 0 Å². The monoisotopic (exact) mass is 460 g/mol. The normalized spacial score (nSPS) is 12.2. The predicted molar refractivity (Wildman–Crippen MR) is 128 cm³/mol. The second kappa shape index (κ2) is 8.54. The van der Waals surface area contributed by atoms with Crippen LogP contribution in [0.15, 0.2) is 64.4 Å². The zero-order valence-electron chi connectivity index (χ0n) is 18.9. The van der Waals surface area contributed by atoms with Gasteiger partial charge < -0.3 is 19.5 Å². The van der Waals surface area contributed by atoms with Crippen molar-refractivity contribution in [3.05, 3.63) is 75.7 Å². The maximum Gasteiger partial charge on any atom is 0.332 e. The third-order valence-electron chi connectivity index (χ3n) is 5.94. The minimum Gasteiger partial charge on any atom is -0.453 e. The number of rotatable bonds is 6. The Morgan fingerprint density at radius 2 is 1.62 bits per heavy atom. The molecule has 174 valence electrons. The van der Waals surface area contributed by atoms with Gasteiger partial charge in [0.05, 0.1) is 17.7 Å². The molecule has 0 bridgehead atoms. The van der Waals surface area contributed by atoms with Gasteiger partial charge in [-0.1, -0.05) is 24.3 Å². The van der Waals surface area contributed by atoms with Gasteiger partial charge >= 0.3 is 5.69 Å². The summed E-state index contributed by atoms with van der Waals surface area (Å²) in [5, 5.41) is 2.91. The lowest BCUT2D eigenvalue weighted by Crippen LogP contribution is -2.38. The second-order valence-corrected chi connectivity index (χ2v) is 8.14. The summed E-state index contributed by atoms with van der Waals surface area (Å²) in [6.45, 7) is 1.09. The van der Waals surface area contributed by atoms with Crippen LogP contribution in [0.25, 0.3) is 11.2 Å². The lowest BCUT2D eigenvalue weighted by atomic mass is 10.1. The number of carbonyl (C=O) groups is 1. The first kappa shape index (κ1) is 21.5. The number of ether oxygens (including phenoxy) is 1. The highest BCUT2D eigenvalue weighted by Gasteiger charge is 2.23. The molecule has 2 aromatic heterocycles. The van der Waals surface area contributed by atoms with Gasteiger partial charge in [-0.15, -0.1) is 0 Å². The van der Waals surface area contributed by atoms with Crippen LogP contribution in [0.3, 0.4) is 0 Å². The van der Waals surface area contributed by atoms with Gasteiger partial charge in [0, 0.05) is 27.2 Å². The van der Waals surface area contributed by atoms with Crippen molar-refractivity contribution in [1.82, 2.24) is 24.0 Å². The SMILES string of the molecule is Cn1c(=O)c2c(ncn2CC(=O)NCCCN2c3ccccc3Oc3ccccc32)n(C)c1=O. The largest absolute Gasteiger partial charge is 0.453 e. The molecule has 1 amide bonds. The number of hydrogen-bond acceptors (Lipinski definition) is 6. The summed E-state index contributed by atoms with van der Waals surface area (Å²) in [6.07, 6.45) is 2.11. The number of hydrogen-bond donors (Lipinski definition) is 1. The standard InChI is InChI=1S/C24H24N6O4/c1-27-22-21(23(32)28(2)24(27)33)29(15-26-22)14-20(31)25-12-7-13-30-16-8-3-5-10-18(16)34-19-11-6-4-9-17(19)30/h3-6,8-11,15H,7,12-14H2,1-2H3,(H,25,31). The van der Waals surface area contributed by atoms with E-state index >= 15 is 0 Å². The molecule has 0 atom stereocenters. The van der Waals surface area contributed by atoms with Crippen molar-refractivity contribution in [2.24, 2.45) is 14.1 Å². The van der Waals surface area contributed by atoms with Gasteiger partial charge in [-0.05, 0) is 30.7 Å². The van der Waals surface area contributed by atoms with Gasteiger partial charge in [0.15, 0.2) is 22.7 Å². The second-order valence-electron chi connectivity index (χ2n) is 8.14. The Hall–Kier alpha value is -4.34. The van der Waals surface area contributed by atoms with E-state index in [9.17, 15) is 14.4 Å². The number of anilines is 2.